The molecule has 0 aromatic heterocycles. The van der Waals surface area contributed by atoms with Crippen molar-refractivity contribution >= 4 is 11.6 Å². The maximum Gasteiger partial charge on any atom is 0.229 e. The van der Waals surface area contributed by atoms with E-state index in [1.807, 2.05) is 24.3 Å². The first-order chi connectivity index (χ1) is 9.74. The number of carbonyl (C=O) groups excluding carboxylic acids is 1. The fraction of sp³-hybridized carbons (Fsp3) is 0.533. The number of nitrogens with one attached hydrogen (secondary N) is 2. The molecule has 3 rings (SSSR count). The zero-order valence-electron chi connectivity index (χ0n) is 11.8. The van der Waals surface area contributed by atoms with Crippen molar-refractivity contribution in [1.82, 2.24) is 10.2 Å². The predicted molar refractivity (Wildman–Crippen MR) is 77.9 cm³/mol. The number of morpholine rings is 1. The highest BCUT2D eigenvalue weighted by molar-refractivity contribution is 5.88. The summed E-state index contributed by atoms with van der Waals surface area (Å²) in [5.41, 5.74) is 2.16. The molecule has 1 aromatic rings. The van der Waals surface area contributed by atoms with Gasteiger partial charge in [0.05, 0.1) is 18.6 Å². The van der Waals surface area contributed by atoms with Crippen molar-refractivity contribution in [1.29, 1.82) is 0 Å². The minimum absolute atomic E-state index is 0.0827. The molecule has 2 N–H and O–H groups in total. The van der Waals surface area contributed by atoms with Gasteiger partial charge in [-0.05, 0) is 18.7 Å². The van der Waals surface area contributed by atoms with E-state index in [1.165, 1.54) is 0 Å². The Balaban J connectivity index is 1.55. The largest absolute Gasteiger partial charge is 0.384 e. The molecule has 5 nitrogen and oxygen atoms in total. The number of carbonyl (C=O) groups is 1. The minimum atomic E-state index is -0.0903. The summed E-state index contributed by atoms with van der Waals surface area (Å²) in [6.07, 6.45) is 0.0994. The molecule has 0 aliphatic carbocycles. The lowest BCUT2D eigenvalue weighted by Crippen LogP contribution is -2.46. The molecule has 0 spiro atoms. The molecule has 5 heteroatoms. The molecule has 0 bridgehead atoms. The van der Waals surface area contributed by atoms with Crippen molar-refractivity contribution in [2.24, 2.45) is 0 Å². The summed E-state index contributed by atoms with van der Waals surface area (Å²) in [6.45, 7) is 3.84. The Bertz CT molecular complexity index is 492. The van der Waals surface area contributed by atoms with Crippen LogP contribution in [0.15, 0.2) is 24.3 Å². The third-order valence-electron chi connectivity index (χ3n) is 4.00. The van der Waals surface area contributed by atoms with Crippen molar-refractivity contribution in [2.75, 3.05) is 45.2 Å². The molecule has 1 amide bonds. The summed E-state index contributed by atoms with van der Waals surface area (Å²) in [4.78, 5) is 14.5. The van der Waals surface area contributed by atoms with Crippen LogP contribution in [0.25, 0.3) is 0 Å². The quantitative estimate of drug-likeness (QED) is 0.850. The summed E-state index contributed by atoms with van der Waals surface area (Å²) in [5.74, 6) is -0.00760. The van der Waals surface area contributed by atoms with Gasteiger partial charge in [-0.3, -0.25) is 4.79 Å². The molecule has 2 unspecified atom stereocenters. The van der Waals surface area contributed by atoms with Gasteiger partial charge >= 0.3 is 0 Å². The van der Waals surface area contributed by atoms with E-state index in [1.54, 1.807) is 0 Å². The maximum atomic E-state index is 12.3. The van der Waals surface area contributed by atoms with E-state index in [-0.39, 0.29) is 17.9 Å². The molecule has 2 aliphatic heterocycles. The number of amides is 1. The zero-order valence-corrected chi connectivity index (χ0v) is 11.8. The van der Waals surface area contributed by atoms with Gasteiger partial charge in [0.15, 0.2) is 0 Å². The topological polar surface area (TPSA) is 53.6 Å². The molecule has 0 radical (unpaired) electrons. The van der Waals surface area contributed by atoms with Gasteiger partial charge in [-0.15, -0.1) is 0 Å². The van der Waals surface area contributed by atoms with Gasteiger partial charge in [-0.25, -0.2) is 0 Å². The Hall–Kier alpha value is -1.59. The van der Waals surface area contributed by atoms with Crippen LogP contribution in [0.3, 0.4) is 0 Å². The first-order valence-electron chi connectivity index (χ1n) is 7.14. The van der Waals surface area contributed by atoms with Crippen LogP contribution < -0.4 is 10.6 Å². The summed E-state index contributed by atoms with van der Waals surface area (Å²) >= 11 is 0. The van der Waals surface area contributed by atoms with Crippen molar-refractivity contribution in [3.63, 3.8) is 0 Å². The molecule has 1 fully saturated rings. The van der Waals surface area contributed by atoms with E-state index < -0.39 is 0 Å². The molecular formula is C15H21N3O2. The van der Waals surface area contributed by atoms with E-state index in [9.17, 15) is 4.79 Å². The van der Waals surface area contributed by atoms with Crippen LogP contribution in [0.1, 0.15) is 11.5 Å². The number of para-hydroxylation sites is 1. The second-order valence-electron chi connectivity index (χ2n) is 5.52. The lowest BCUT2D eigenvalue weighted by Gasteiger charge is -2.30. The average molecular weight is 275 g/mol. The van der Waals surface area contributed by atoms with Crippen LogP contribution in [0.4, 0.5) is 5.69 Å². The number of anilines is 1. The van der Waals surface area contributed by atoms with Crippen LogP contribution in [-0.4, -0.2) is 56.7 Å². The normalized spacial score (nSPS) is 25.9. The molecule has 1 saturated heterocycles. The van der Waals surface area contributed by atoms with Gasteiger partial charge < -0.3 is 20.3 Å². The van der Waals surface area contributed by atoms with Crippen LogP contribution in [-0.2, 0) is 9.53 Å². The molecule has 2 heterocycles. The van der Waals surface area contributed by atoms with Gasteiger partial charge in [0, 0.05) is 31.9 Å². The molecular weight excluding hydrogens is 254 g/mol. The Morgan fingerprint density at radius 2 is 2.35 bits per heavy atom. The second-order valence-corrected chi connectivity index (χ2v) is 5.52. The van der Waals surface area contributed by atoms with E-state index in [0.29, 0.717) is 13.1 Å². The number of ether oxygens (including phenoxy) is 1. The number of benzene rings is 1. The Morgan fingerprint density at radius 3 is 3.20 bits per heavy atom. The molecule has 1 aromatic carbocycles. The fourth-order valence-electron chi connectivity index (χ4n) is 2.85. The number of fused-ring (bicyclic) bond motifs is 1. The van der Waals surface area contributed by atoms with Crippen LogP contribution in [0.5, 0.6) is 0 Å². The second kappa shape index (κ2) is 5.81. The van der Waals surface area contributed by atoms with Gasteiger partial charge in [-0.2, -0.15) is 0 Å². The highest BCUT2D eigenvalue weighted by Gasteiger charge is 2.28. The minimum Gasteiger partial charge on any atom is -0.384 e. The van der Waals surface area contributed by atoms with Gasteiger partial charge in [0.2, 0.25) is 5.91 Å². The molecule has 2 atom stereocenters. The molecule has 108 valence electrons. The SMILES string of the molecule is CN1CCOC(CNC(=O)C2CNc3ccccc32)C1. The third kappa shape index (κ3) is 2.78. The fourth-order valence-corrected chi connectivity index (χ4v) is 2.85. The van der Waals surface area contributed by atoms with Gasteiger partial charge in [0.1, 0.15) is 0 Å². The van der Waals surface area contributed by atoms with Gasteiger partial charge in [0.25, 0.3) is 0 Å². The van der Waals surface area contributed by atoms with Crippen molar-refractivity contribution < 1.29 is 9.53 Å². The number of hydrogen-bond donors (Lipinski definition) is 2. The van der Waals surface area contributed by atoms with Crippen molar-refractivity contribution in [3.8, 4) is 0 Å². The van der Waals surface area contributed by atoms with Crippen molar-refractivity contribution in [3.05, 3.63) is 29.8 Å². The summed E-state index contributed by atoms with van der Waals surface area (Å²) in [7, 11) is 2.08. The Labute approximate surface area is 119 Å². The van der Waals surface area contributed by atoms with E-state index in [0.717, 1.165) is 30.9 Å². The highest BCUT2D eigenvalue weighted by atomic mass is 16.5. The lowest BCUT2D eigenvalue weighted by atomic mass is 10.0. The van der Waals surface area contributed by atoms with E-state index >= 15 is 0 Å². The zero-order chi connectivity index (χ0) is 13.9. The standard InChI is InChI=1S/C15H21N3O2/c1-18-6-7-20-11(10-18)8-17-15(19)13-9-16-14-5-3-2-4-12(13)14/h2-5,11,13,16H,6-10H2,1H3,(H,17,19). The van der Waals surface area contributed by atoms with Crippen LogP contribution in [0.2, 0.25) is 0 Å². The highest BCUT2D eigenvalue weighted by Crippen LogP contribution is 2.30. The van der Waals surface area contributed by atoms with Crippen LogP contribution in [0, 0.1) is 0 Å². The molecule has 20 heavy (non-hydrogen) atoms. The number of rotatable bonds is 3. The first-order valence-corrected chi connectivity index (χ1v) is 7.14. The Kier molecular flexibility index (Phi) is 3.89. The summed E-state index contributed by atoms with van der Waals surface area (Å²) in [5, 5.41) is 6.30. The van der Waals surface area contributed by atoms with E-state index in [4.69, 9.17) is 4.74 Å². The van der Waals surface area contributed by atoms with Crippen molar-refractivity contribution in [2.45, 2.75) is 12.0 Å². The van der Waals surface area contributed by atoms with E-state index in [2.05, 4.69) is 22.6 Å². The average Bonchev–Trinajstić information content (AvgIpc) is 2.89. The maximum absolute atomic E-state index is 12.3. The predicted octanol–water partition coefficient (Wildman–Crippen LogP) is 0.643. The third-order valence-corrected chi connectivity index (χ3v) is 4.00. The Morgan fingerprint density at radius 1 is 1.50 bits per heavy atom. The van der Waals surface area contributed by atoms with Crippen LogP contribution >= 0.6 is 0 Å². The number of nitrogens with zero attached hydrogens (tertiary/aromatic N) is 1. The summed E-state index contributed by atoms with van der Waals surface area (Å²) in [6, 6.07) is 8.00. The molecule has 2 aliphatic rings. The molecule has 0 saturated carbocycles. The monoisotopic (exact) mass is 275 g/mol. The smallest absolute Gasteiger partial charge is 0.229 e. The first kappa shape index (κ1) is 13.4. The lowest BCUT2D eigenvalue weighted by molar-refractivity contribution is -0.123. The number of hydrogen-bond acceptors (Lipinski definition) is 4. The summed E-state index contributed by atoms with van der Waals surface area (Å²) < 4.78 is 5.66. The number of likely N-dealkylation sites (N-methyl/N-ethyl adjacent to an activating group) is 1. The van der Waals surface area contributed by atoms with Gasteiger partial charge in [-0.1, -0.05) is 18.2 Å².